The lowest BCUT2D eigenvalue weighted by Crippen LogP contribution is -2.56. The average molecular weight is 430 g/mol. The summed E-state index contributed by atoms with van der Waals surface area (Å²) < 4.78 is 0. The molecule has 5 rings (SSSR count). The van der Waals surface area contributed by atoms with Crippen LogP contribution < -0.4 is 10.6 Å². The summed E-state index contributed by atoms with van der Waals surface area (Å²) in [4.78, 5) is 29.2. The number of carbonyl (C=O) groups excluding carboxylic acids is 2. The Bertz CT molecular complexity index is 1210. The molecule has 1 heterocycles. The summed E-state index contributed by atoms with van der Waals surface area (Å²) in [5.74, 6) is 0.604. The molecule has 0 atom stereocenters. The van der Waals surface area contributed by atoms with E-state index in [0.717, 1.165) is 59.6 Å². The summed E-state index contributed by atoms with van der Waals surface area (Å²) in [6.45, 7) is 2.00. The van der Waals surface area contributed by atoms with E-state index in [2.05, 4.69) is 21.7 Å². The van der Waals surface area contributed by atoms with E-state index in [1.807, 2.05) is 43.3 Å². The lowest BCUT2D eigenvalue weighted by atomic mass is 9.77. The summed E-state index contributed by atoms with van der Waals surface area (Å²) in [6.07, 6.45) is 6.34. The van der Waals surface area contributed by atoms with Gasteiger partial charge < -0.3 is 15.7 Å². The van der Waals surface area contributed by atoms with Gasteiger partial charge in [0.1, 0.15) is 5.82 Å². The predicted octanol–water partition coefficient (Wildman–Crippen LogP) is 4.20. The highest BCUT2D eigenvalue weighted by Crippen LogP contribution is 2.33. The molecular weight excluding hydrogens is 402 g/mol. The number of amides is 2. The van der Waals surface area contributed by atoms with E-state index in [-0.39, 0.29) is 24.3 Å². The van der Waals surface area contributed by atoms with Crippen molar-refractivity contribution in [3.05, 3.63) is 59.8 Å². The molecule has 164 valence electrons. The average Bonchev–Trinajstić information content (AvgIpc) is 3.62. The van der Waals surface area contributed by atoms with Crippen LogP contribution in [0.2, 0.25) is 0 Å². The summed E-state index contributed by atoms with van der Waals surface area (Å²) >= 11 is 0. The van der Waals surface area contributed by atoms with Gasteiger partial charge in [0.15, 0.2) is 0 Å². The highest BCUT2D eigenvalue weighted by molar-refractivity contribution is 5.98. The van der Waals surface area contributed by atoms with Gasteiger partial charge in [0.05, 0.1) is 12.1 Å². The zero-order chi connectivity index (χ0) is 22.3. The first-order valence-corrected chi connectivity index (χ1v) is 11.2. The Morgan fingerprint density at radius 2 is 1.91 bits per heavy atom. The number of pyridine rings is 1. The molecule has 2 aliphatic carbocycles. The molecule has 32 heavy (non-hydrogen) atoms. The van der Waals surface area contributed by atoms with Crippen molar-refractivity contribution in [3.63, 3.8) is 0 Å². The molecule has 0 bridgehead atoms. The normalized spacial score (nSPS) is 16.9. The van der Waals surface area contributed by atoms with Crippen LogP contribution in [0.5, 0.6) is 0 Å². The van der Waals surface area contributed by atoms with Crippen LogP contribution in [-0.2, 0) is 4.79 Å². The lowest BCUT2D eigenvalue weighted by molar-refractivity contribution is -0.117. The monoisotopic (exact) mass is 429 g/mol. The molecular formula is C26H27N3O3. The highest BCUT2D eigenvalue weighted by Gasteiger charge is 2.37. The molecule has 2 saturated carbocycles. The van der Waals surface area contributed by atoms with E-state index in [1.54, 1.807) is 6.20 Å². The fourth-order valence-electron chi connectivity index (χ4n) is 4.26. The molecule has 6 nitrogen and oxygen atoms in total. The molecule has 0 aliphatic heterocycles. The molecule has 2 fully saturated rings. The van der Waals surface area contributed by atoms with Crippen molar-refractivity contribution >= 4 is 28.4 Å². The Hall–Kier alpha value is -3.25. The third-order valence-corrected chi connectivity index (χ3v) is 6.72. The van der Waals surface area contributed by atoms with Crippen LogP contribution in [0.3, 0.4) is 0 Å². The van der Waals surface area contributed by atoms with Gasteiger partial charge in [-0.25, -0.2) is 4.98 Å². The number of aliphatic hydroxyl groups is 1. The largest absolute Gasteiger partial charge is 0.394 e. The van der Waals surface area contributed by atoms with Gasteiger partial charge in [-0.1, -0.05) is 18.2 Å². The molecule has 0 saturated heterocycles. The van der Waals surface area contributed by atoms with Crippen molar-refractivity contribution in [2.24, 2.45) is 5.92 Å². The number of fused-ring (bicyclic) bond motifs is 1. The second kappa shape index (κ2) is 8.02. The SMILES string of the molecule is Cc1ccc(C(=O)NC2(CO)CCC2)cc1-c1ccc2cc(NC(=O)C3CC3)ncc2c1. The fourth-order valence-corrected chi connectivity index (χ4v) is 4.26. The number of aliphatic hydroxyl groups excluding tert-OH is 1. The Morgan fingerprint density at radius 3 is 2.59 bits per heavy atom. The van der Waals surface area contributed by atoms with E-state index in [9.17, 15) is 14.7 Å². The number of nitrogens with zero attached hydrogens (tertiary/aromatic N) is 1. The van der Waals surface area contributed by atoms with Gasteiger partial charge in [-0.2, -0.15) is 0 Å². The molecule has 0 unspecified atom stereocenters. The maximum Gasteiger partial charge on any atom is 0.251 e. The first kappa shape index (κ1) is 20.6. The van der Waals surface area contributed by atoms with Gasteiger partial charge in [0.2, 0.25) is 5.91 Å². The van der Waals surface area contributed by atoms with Gasteiger partial charge in [0, 0.05) is 23.1 Å². The van der Waals surface area contributed by atoms with Crippen LogP contribution in [0.15, 0.2) is 48.7 Å². The first-order chi connectivity index (χ1) is 15.5. The summed E-state index contributed by atoms with van der Waals surface area (Å²) in [5.41, 5.74) is 3.17. The molecule has 3 N–H and O–H groups in total. The van der Waals surface area contributed by atoms with Crippen LogP contribution in [0.25, 0.3) is 21.9 Å². The standard InChI is InChI=1S/C26H27N3O3/c1-16-3-4-20(25(32)29-26(15-30)9-2-10-26)12-22(16)19-8-7-18-13-23(27-14-21(18)11-19)28-24(31)17-5-6-17/h3-4,7-8,11-14,17,30H,2,5-6,9-10,15H2,1H3,(H,29,32)(H,27,28,31). The second-order valence-corrected chi connectivity index (χ2v) is 9.17. The van der Waals surface area contributed by atoms with Crippen LogP contribution in [0.4, 0.5) is 5.82 Å². The number of rotatable bonds is 6. The minimum atomic E-state index is -0.469. The van der Waals surface area contributed by atoms with E-state index < -0.39 is 5.54 Å². The van der Waals surface area contributed by atoms with Crippen molar-refractivity contribution < 1.29 is 14.7 Å². The van der Waals surface area contributed by atoms with Crippen molar-refractivity contribution in [3.8, 4) is 11.1 Å². The summed E-state index contributed by atoms with van der Waals surface area (Å²) in [6, 6.07) is 13.7. The lowest BCUT2D eigenvalue weighted by Gasteiger charge is -2.41. The minimum absolute atomic E-state index is 0.0295. The Labute approximate surface area is 187 Å². The fraction of sp³-hybridized carbons (Fsp3) is 0.346. The Balaban J connectivity index is 1.40. The van der Waals surface area contributed by atoms with E-state index in [1.165, 1.54) is 0 Å². The molecule has 2 aromatic carbocycles. The third-order valence-electron chi connectivity index (χ3n) is 6.72. The van der Waals surface area contributed by atoms with Crippen molar-refractivity contribution in [2.75, 3.05) is 11.9 Å². The van der Waals surface area contributed by atoms with Gasteiger partial charge in [0.25, 0.3) is 5.91 Å². The van der Waals surface area contributed by atoms with Crippen LogP contribution in [-0.4, -0.2) is 34.1 Å². The molecule has 6 heteroatoms. The number of hydrogen-bond acceptors (Lipinski definition) is 4. The smallest absolute Gasteiger partial charge is 0.251 e. The first-order valence-electron chi connectivity index (χ1n) is 11.2. The second-order valence-electron chi connectivity index (χ2n) is 9.17. The molecule has 0 radical (unpaired) electrons. The van der Waals surface area contributed by atoms with Crippen LogP contribution in [0.1, 0.15) is 48.0 Å². The number of hydrogen-bond donors (Lipinski definition) is 3. The number of carbonyl (C=O) groups is 2. The Morgan fingerprint density at radius 1 is 1.09 bits per heavy atom. The topological polar surface area (TPSA) is 91.3 Å². The van der Waals surface area contributed by atoms with Crippen molar-refractivity contribution in [1.82, 2.24) is 10.3 Å². The van der Waals surface area contributed by atoms with E-state index >= 15 is 0 Å². The van der Waals surface area contributed by atoms with Gasteiger partial charge in [-0.05, 0) is 85.4 Å². The predicted molar refractivity (Wildman–Crippen MR) is 124 cm³/mol. The van der Waals surface area contributed by atoms with Crippen molar-refractivity contribution in [1.29, 1.82) is 0 Å². The van der Waals surface area contributed by atoms with Gasteiger partial charge in [-0.3, -0.25) is 9.59 Å². The minimum Gasteiger partial charge on any atom is -0.394 e. The number of benzene rings is 2. The van der Waals surface area contributed by atoms with Crippen molar-refractivity contribution in [2.45, 2.75) is 44.6 Å². The van der Waals surface area contributed by atoms with Gasteiger partial charge >= 0.3 is 0 Å². The molecule has 1 aromatic heterocycles. The van der Waals surface area contributed by atoms with E-state index in [0.29, 0.717) is 11.4 Å². The van der Waals surface area contributed by atoms with Crippen LogP contribution >= 0.6 is 0 Å². The summed E-state index contributed by atoms with van der Waals surface area (Å²) in [5, 5.41) is 17.5. The maximum atomic E-state index is 12.8. The zero-order valence-electron chi connectivity index (χ0n) is 18.1. The van der Waals surface area contributed by atoms with E-state index in [4.69, 9.17) is 0 Å². The molecule has 3 aromatic rings. The summed E-state index contributed by atoms with van der Waals surface area (Å²) in [7, 11) is 0. The van der Waals surface area contributed by atoms with Crippen LogP contribution in [0, 0.1) is 12.8 Å². The molecule has 0 spiro atoms. The third kappa shape index (κ3) is 3.98. The number of aromatic nitrogens is 1. The molecule has 2 aliphatic rings. The molecule has 2 amide bonds. The number of anilines is 1. The van der Waals surface area contributed by atoms with Gasteiger partial charge in [-0.15, -0.1) is 0 Å². The Kier molecular flexibility index (Phi) is 5.18. The maximum absolute atomic E-state index is 12.8. The number of aryl methyl sites for hydroxylation is 1. The number of nitrogens with one attached hydrogen (secondary N) is 2. The highest BCUT2D eigenvalue weighted by atomic mass is 16.3. The quantitative estimate of drug-likeness (QED) is 0.548. The zero-order valence-corrected chi connectivity index (χ0v) is 18.1.